The highest BCUT2D eigenvalue weighted by Gasteiger charge is 2.20. The van der Waals surface area contributed by atoms with Gasteiger partial charge in [0, 0.05) is 31.1 Å². The average Bonchev–Trinajstić information content (AvgIpc) is 3.19. The minimum atomic E-state index is -1.82. The number of hydrogen-bond acceptors (Lipinski definition) is 7. The van der Waals surface area contributed by atoms with E-state index >= 15 is 0 Å². The molecule has 1 fully saturated rings. The monoisotopic (exact) mass is 414 g/mol. The quantitative estimate of drug-likeness (QED) is 0.630. The highest BCUT2D eigenvalue weighted by molar-refractivity contribution is 7.21. The zero-order chi connectivity index (χ0) is 20.8. The molecular formula is C20H22N4O4S. The first-order chi connectivity index (χ1) is 14.0. The molecule has 0 amide bonds. The first kappa shape index (κ1) is 20.7. The number of rotatable bonds is 3. The van der Waals surface area contributed by atoms with Crippen LogP contribution in [0.1, 0.15) is 6.92 Å². The van der Waals surface area contributed by atoms with Crippen LogP contribution >= 0.6 is 11.3 Å². The summed E-state index contributed by atoms with van der Waals surface area (Å²) in [5, 5.41) is 16.0. The first-order valence-electron chi connectivity index (χ1n) is 9.23. The molecule has 1 aromatic carbocycles. The van der Waals surface area contributed by atoms with Gasteiger partial charge in [-0.3, -0.25) is 0 Å². The second-order valence-electron chi connectivity index (χ2n) is 6.42. The van der Waals surface area contributed by atoms with Crippen LogP contribution < -0.4 is 4.90 Å². The maximum absolute atomic E-state index is 9.10. The number of thiophene rings is 1. The summed E-state index contributed by atoms with van der Waals surface area (Å²) >= 11 is 1.75. The van der Waals surface area contributed by atoms with E-state index in [1.165, 1.54) is 15.8 Å². The van der Waals surface area contributed by atoms with Crippen molar-refractivity contribution in [3.05, 3.63) is 42.7 Å². The first-order valence-corrected chi connectivity index (χ1v) is 10.0. The smallest absolute Gasteiger partial charge is 0.414 e. The molecule has 0 spiro atoms. The summed E-state index contributed by atoms with van der Waals surface area (Å²) < 4.78 is 0. The van der Waals surface area contributed by atoms with Gasteiger partial charge < -0.3 is 20.0 Å². The van der Waals surface area contributed by atoms with Crippen molar-refractivity contribution >= 4 is 39.3 Å². The van der Waals surface area contributed by atoms with Crippen LogP contribution in [0.5, 0.6) is 0 Å². The zero-order valence-corrected chi connectivity index (χ0v) is 16.8. The van der Waals surface area contributed by atoms with Crippen LogP contribution in [-0.2, 0) is 9.59 Å². The van der Waals surface area contributed by atoms with Gasteiger partial charge in [0.15, 0.2) is 0 Å². The molecule has 2 aromatic heterocycles. The van der Waals surface area contributed by atoms with Crippen molar-refractivity contribution in [2.75, 3.05) is 37.6 Å². The van der Waals surface area contributed by atoms with Gasteiger partial charge in [-0.05, 0) is 18.2 Å². The summed E-state index contributed by atoms with van der Waals surface area (Å²) in [7, 11) is 0. The highest BCUT2D eigenvalue weighted by Crippen LogP contribution is 2.36. The van der Waals surface area contributed by atoms with Crippen LogP contribution in [0.15, 0.2) is 42.7 Å². The zero-order valence-electron chi connectivity index (χ0n) is 16.0. The van der Waals surface area contributed by atoms with Gasteiger partial charge in [0.2, 0.25) is 0 Å². The van der Waals surface area contributed by atoms with E-state index in [-0.39, 0.29) is 0 Å². The van der Waals surface area contributed by atoms with Crippen molar-refractivity contribution in [3.63, 3.8) is 0 Å². The Morgan fingerprint density at radius 3 is 2.28 bits per heavy atom. The number of piperazine rings is 1. The van der Waals surface area contributed by atoms with Crippen molar-refractivity contribution < 1.29 is 19.8 Å². The second kappa shape index (κ2) is 9.44. The number of fused-ring (bicyclic) bond motifs is 1. The Hall–Kier alpha value is -3.04. The van der Waals surface area contributed by atoms with Crippen LogP contribution in [-0.4, -0.2) is 69.7 Å². The van der Waals surface area contributed by atoms with E-state index in [0.29, 0.717) is 0 Å². The fraction of sp³-hybridized carbons (Fsp3) is 0.300. The number of hydrogen-bond donors (Lipinski definition) is 2. The van der Waals surface area contributed by atoms with E-state index in [1.807, 2.05) is 0 Å². The fourth-order valence-electron chi connectivity index (χ4n) is 3.12. The van der Waals surface area contributed by atoms with Crippen LogP contribution in [0.3, 0.4) is 0 Å². The van der Waals surface area contributed by atoms with Crippen LogP contribution in [0.4, 0.5) is 5.82 Å². The molecule has 2 N–H and O–H groups in total. The largest absolute Gasteiger partial charge is 0.473 e. The topological polar surface area (TPSA) is 107 Å². The van der Waals surface area contributed by atoms with E-state index in [4.69, 9.17) is 19.8 Å². The molecule has 1 aliphatic heterocycles. The Morgan fingerprint density at radius 1 is 1.03 bits per heavy atom. The number of aliphatic carboxylic acids is 2. The minimum absolute atomic E-state index is 1.04. The molecule has 0 bridgehead atoms. The van der Waals surface area contributed by atoms with Crippen molar-refractivity contribution in [3.8, 4) is 10.4 Å². The van der Waals surface area contributed by atoms with E-state index in [2.05, 4.69) is 63.1 Å². The molecule has 4 rings (SSSR count). The lowest BCUT2D eigenvalue weighted by molar-refractivity contribution is -0.159. The predicted molar refractivity (Wildman–Crippen MR) is 112 cm³/mol. The molecule has 8 nitrogen and oxygen atoms in total. The Labute approximate surface area is 172 Å². The third-order valence-electron chi connectivity index (χ3n) is 4.67. The van der Waals surface area contributed by atoms with Crippen LogP contribution in [0.25, 0.3) is 20.7 Å². The SMILES string of the molecule is CCN1CCN(c2ncnc3sc(-c4ccccc4)cc23)CC1.O=C(O)C(=O)O. The molecular weight excluding hydrogens is 392 g/mol. The van der Waals surface area contributed by atoms with Crippen LogP contribution in [0, 0.1) is 0 Å². The molecule has 152 valence electrons. The van der Waals surface area contributed by atoms with E-state index < -0.39 is 11.9 Å². The molecule has 3 aromatic rings. The maximum atomic E-state index is 9.10. The molecule has 0 atom stereocenters. The van der Waals surface area contributed by atoms with E-state index in [9.17, 15) is 0 Å². The minimum Gasteiger partial charge on any atom is -0.473 e. The van der Waals surface area contributed by atoms with Gasteiger partial charge in [-0.15, -0.1) is 11.3 Å². The standard InChI is InChI=1S/C18H20N4S.C2H2O4/c1-2-21-8-10-22(11-9-21)17-15-12-16(14-6-4-3-5-7-14)23-18(15)20-13-19-17;3-1(4)2(5)6/h3-7,12-13H,2,8-11H2,1H3;(H,3,4)(H,5,6). The van der Waals surface area contributed by atoms with Crippen molar-refractivity contribution in [1.82, 2.24) is 14.9 Å². The number of benzene rings is 1. The normalized spacial score (nSPS) is 14.3. The van der Waals surface area contributed by atoms with Gasteiger partial charge in [-0.1, -0.05) is 37.3 Å². The number of carbonyl (C=O) groups is 2. The Kier molecular flexibility index (Phi) is 6.73. The number of anilines is 1. The van der Waals surface area contributed by atoms with Gasteiger partial charge >= 0.3 is 11.9 Å². The molecule has 9 heteroatoms. The number of aromatic nitrogens is 2. The summed E-state index contributed by atoms with van der Waals surface area (Å²) in [4.78, 5) is 34.5. The van der Waals surface area contributed by atoms with Gasteiger partial charge in [0.05, 0.1) is 5.39 Å². The fourth-order valence-corrected chi connectivity index (χ4v) is 4.11. The second-order valence-corrected chi connectivity index (χ2v) is 7.46. The summed E-state index contributed by atoms with van der Waals surface area (Å²) in [6.07, 6.45) is 1.70. The van der Waals surface area contributed by atoms with E-state index in [1.54, 1.807) is 17.7 Å². The number of nitrogens with zero attached hydrogens (tertiary/aromatic N) is 4. The van der Waals surface area contributed by atoms with Gasteiger partial charge in [-0.2, -0.15) is 0 Å². The lowest BCUT2D eigenvalue weighted by Gasteiger charge is -2.34. The van der Waals surface area contributed by atoms with Gasteiger partial charge in [-0.25, -0.2) is 19.6 Å². The molecule has 0 radical (unpaired) electrons. The average molecular weight is 414 g/mol. The van der Waals surface area contributed by atoms with Gasteiger partial charge in [0.25, 0.3) is 0 Å². The Morgan fingerprint density at radius 2 is 1.69 bits per heavy atom. The van der Waals surface area contributed by atoms with Crippen molar-refractivity contribution in [1.29, 1.82) is 0 Å². The summed E-state index contributed by atoms with van der Waals surface area (Å²) in [5.74, 6) is -2.56. The summed E-state index contributed by atoms with van der Waals surface area (Å²) in [6, 6.07) is 12.8. The summed E-state index contributed by atoms with van der Waals surface area (Å²) in [6.45, 7) is 7.65. The number of carboxylic acid groups (broad SMARTS) is 2. The molecule has 0 aliphatic carbocycles. The highest BCUT2D eigenvalue weighted by atomic mass is 32.1. The van der Waals surface area contributed by atoms with Crippen molar-refractivity contribution in [2.45, 2.75) is 6.92 Å². The molecule has 29 heavy (non-hydrogen) atoms. The molecule has 1 saturated heterocycles. The molecule has 0 unspecified atom stereocenters. The molecule has 3 heterocycles. The summed E-state index contributed by atoms with van der Waals surface area (Å²) in [5.41, 5.74) is 1.25. The number of carboxylic acids is 2. The third-order valence-corrected chi connectivity index (χ3v) is 5.76. The predicted octanol–water partition coefficient (Wildman–Crippen LogP) is 2.66. The van der Waals surface area contributed by atoms with Crippen LogP contribution in [0.2, 0.25) is 0 Å². The molecule has 0 saturated carbocycles. The van der Waals surface area contributed by atoms with E-state index in [0.717, 1.165) is 43.4 Å². The lowest BCUT2D eigenvalue weighted by Crippen LogP contribution is -2.46. The Bertz CT molecular complexity index is 973. The van der Waals surface area contributed by atoms with Gasteiger partial charge in [0.1, 0.15) is 17.0 Å². The maximum Gasteiger partial charge on any atom is 0.414 e. The molecule has 1 aliphatic rings. The lowest BCUT2D eigenvalue weighted by atomic mass is 10.2. The third kappa shape index (κ3) is 5.07. The Balaban J connectivity index is 0.000000353. The van der Waals surface area contributed by atoms with Crippen molar-refractivity contribution in [2.24, 2.45) is 0 Å². The number of likely N-dealkylation sites (N-methyl/N-ethyl adjacent to an activating group) is 1.